The minimum absolute atomic E-state index is 0.0757. The molecule has 1 amide bonds. The molecule has 0 spiro atoms. The molecule has 2 aromatic carbocycles. The van der Waals surface area contributed by atoms with Crippen molar-refractivity contribution in [2.24, 2.45) is 0 Å². The second-order valence-corrected chi connectivity index (χ2v) is 8.88. The fourth-order valence-electron chi connectivity index (χ4n) is 3.15. The van der Waals surface area contributed by atoms with Gasteiger partial charge in [0.25, 0.3) is 5.91 Å². The van der Waals surface area contributed by atoms with Crippen LogP contribution >= 0.6 is 0 Å². The summed E-state index contributed by atoms with van der Waals surface area (Å²) in [5.74, 6) is -0.125. The zero-order valence-corrected chi connectivity index (χ0v) is 17.4. The van der Waals surface area contributed by atoms with Gasteiger partial charge < -0.3 is 10.1 Å². The highest BCUT2D eigenvalue weighted by atomic mass is 32.2. The maximum Gasteiger partial charge on any atom is 0.255 e. The summed E-state index contributed by atoms with van der Waals surface area (Å²) in [5, 5.41) is 2.85. The van der Waals surface area contributed by atoms with E-state index in [9.17, 15) is 13.2 Å². The molecule has 0 aromatic heterocycles. The average Bonchev–Trinajstić information content (AvgIpc) is 2.70. The van der Waals surface area contributed by atoms with Crippen LogP contribution in [-0.4, -0.2) is 51.3 Å². The molecule has 0 bridgehead atoms. The van der Waals surface area contributed by atoms with Gasteiger partial charge in [0.05, 0.1) is 19.0 Å². The van der Waals surface area contributed by atoms with E-state index in [0.717, 1.165) is 38.4 Å². The largest absolute Gasteiger partial charge is 0.379 e. The van der Waals surface area contributed by atoms with E-state index in [1.165, 1.54) is 0 Å². The standard InChI is InChI=1S/C21H27N3O4S/c1-2-14-29(26,27)23-20-8-6-19(7-9-20)22-21(25)18-5-3-4-17(15-18)16-24-10-12-28-13-11-24/h3-9,15,23H,2,10-14,16H2,1H3,(H,22,25). The number of nitrogens with zero attached hydrogens (tertiary/aromatic N) is 1. The van der Waals surface area contributed by atoms with E-state index in [0.29, 0.717) is 23.4 Å². The van der Waals surface area contributed by atoms with Crippen molar-refractivity contribution in [3.8, 4) is 0 Å². The summed E-state index contributed by atoms with van der Waals surface area (Å²) in [7, 11) is -3.33. The van der Waals surface area contributed by atoms with Crippen molar-refractivity contribution >= 4 is 27.3 Å². The first-order valence-electron chi connectivity index (χ1n) is 9.76. The second kappa shape index (κ2) is 9.87. The van der Waals surface area contributed by atoms with Crippen LogP contribution in [0.4, 0.5) is 11.4 Å². The van der Waals surface area contributed by atoms with Crippen LogP contribution in [0, 0.1) is 0 Å². The first-order chi connectivity index (χ1) is 13.9. The molecular weight excluding hydrogens is 390 g/mol. The number of hydrogen-bond donors (Lipinski definition) is 2. The highest BCUT2D eigenvalue weighted by molar-refractivity contribution is 7.92. The number of carbonyl (C=O) groups excluding carboxylic acids is 1. The summed E-state index contributed by atoms with van der Waals surface area (Å²) in [6.45, 7) is 5.87. The van der Waals surface area contributed by atoms with Gasteiger partial charge in [0.15, 0.2) is 0 Å². The molecule has 1 heterocycles. The SMILES string of the molecule is CCCS(=O)(=O)Nc1ccc(NC(=O)c2cccc(CN3CCOCC3)c2)cc1. The van der Waals surface area contributed by atoms with Crippen molar-refractivity contribution in [2.45, 2.75) is 19.9 Å². The predicted molar refractivity (Wildman–Crippen MR) is 115 cm³/mol. The molecule has 8 heteroatoms. The Kier molecular flexibility index (Phi) is 7.24. The number of benzene rings is 2. The maximum absolute atomic E-state index is 12.6. The molecule has 7 nitrogen and oxygen atoms in total. The third kappa shape index (κ3) is 6.56. The van der Waals surface area contributed by atoms with Gasteiger partial charge in [-0.3, -0.25) is 14.4 Å². The normalized spacial score (nSPS) is 15.1. The van der Waals surface area contributed by atoms with E-state index >= 15 is 0 Å². The van der Waals surface area contributed by atoms with E-state index in [2.05, 4.69) is 14.9 Å². The van der Waals surface area contributed by atoms with Gasteiger partial charge in [-0.2, -0.15) is 0 Å². The lowest BCUT2D eigenvalue weighted by molar-refractivity contribution is 0.0342. The molecule has 0 atom stereocenters. The van der Waals surface area contributed by atoms with Crippen LogP contribution in [0.1, 0.15) is 29.3 Å². The van der Waals surface area contributed by atoms with E-state index in [1.807, 2.05) is 25.1 Å². The number of sulfonamides is 1. The van der Waals surface area contributed by atoms with Crippen LogP contribution in [0.2, 0.25) is 0 Å². The van der Waals surface area contributed by atoms with Crippen LogP contribution in [0.25, 0.3) is 0 Å². The van der Waals surface area contributed by atoms with Gasteiger partial charge in [-0.05, 0) is 48.4 Å². The summed E-state index contributed by atoms with van der Waals surface area (Å²) < 4.78 is 31.6. The van der Waals surface area contributed by atoms with Crippen molar-refractivity contribution in [3.63, 3.8) is 0 Å². The van der Waals surface area contributed by atoms with Gasteiger partial charge in [-0.15, -0.1) is 0 Å². The monoisotopic (exact) mass is 417 g/mol. The lowest BCUT2D eigenvalue weighted by Crippen LogP contribution is -2.35. The van der Waals surface area contributed by atoms with Gasteiger partial charge in [-0.1, -0.05) is 19.1 Å². The molecule has 156 valence electrons. The lowest BCUT2D eigenvalue weighted by Gasteiger charge is -2.26. The number of amides is 1. The fourth-order valence-corrected chi connectivity index (χ4v) is 4.29. The zero-order valence-electron chi connectivity index (χ0n) is 16.6. The van der Waals surface area contributed by atoms with Crippen LogP contribution in [0.3, 0.4) is 0 Å². The summed E-state index contributed by atoms with van der Waals surface area (Å²) in [4.78, 5) is 14.9. The molecule has 0 unspecified atom stereocenters. The maximum atomic E-state index is 12.6. The molecule has 1 fully saturated rings. The number of morpholine rings is 1. The van der Waals surface area contributed by atoms with Crippen LogP contribution < -0.4 is 10.0 Å². The van der Waals surface area contributed by atoms with Crippen molar-refractivity contribution < 1.29 is 17.9 Å². The van der Waals surface area contributed by atoms with Gasteiger partial charge >= 0.3 is 0 Å². The Morgan fingerprint density at radius 2 is 1.76 bits per heavy atom. The van der Waals surface area contributed by atoms with Gasteiger partial charge in [0.1, 0.15) is 0 Å². The molecule has 0 saturated carbocycles. The number of hydrogen-bond acceptors (Lipinski definition) is 5. The van der Waals surface area contributed by atoms with E-state index < -0.39 is 10.0 Å². The Bertz CT molecular complexity index is 923. The third-order valence-corrected chi connectivity index (χ3v) is 6.08. The molecule has 0 aliphatic carbocycles. The van der Waals surface area contributed by atoms with Gasteiger partial charge in [0, 0.05) is 36.6 Å². The first kappa shape index (κ1) is 21.3. The van der Waals surface area contributed by atoms with E-state index in [1.54, 1.807) is 30.3 Å². The van der Waals surface area contributed by atoms with Gasteiger partial charge in [0.2, 0.25) is 10.0 Å². The highest BCUT2D eigenvalue weighted by Crippen LogP contribution is 2.17. The minimum atomic E-state index is -3.33. The summed E-state index contributed by atoms with van der Waals surface area (Å²) >= 11 is 0. The molecule has 29 heavy (non-hydrogen) atoms. The quantitative estimate of drug-likeness (QED) is 0.690. The summed E-state index contributed by atoms with van der Waals surface area (Å²) in [6.07, 6.45) is 0.550. The van der Waals surface area contributed by atoms with E-state index in [4.69, 9.17) is 4.74 Å². The number of anilines is 2. The smallest absolute Gasteiger partial charge is 0.255 e. The average molecular weight is 418 g/mol. The fraction of sp³-hybridized carbons (Fsp3) is 0.381. The molecule has 1 saturated heterocycles. The predicted octanol–water partition coefficient (Wildman–Crippen LogP) is 2.92. The topological polar surface area (TPSA) is 87.7 Å². The number of ether oxygens (including phenoxy) is 1. The third-order valence-electron chi connectivity index (χ3n) is 4.59. The Balaban J connectivity index is 1.60. The van der Waals surface area contributed by atoms with Gasteiger partial charge in [-0.25, -0.2) is 8.42 Å². The molecule has 1 aliphatic heterocycles. The second-order valence-electron chi connectivity index (χ2n) is 7.04. The van der Waals surface area contributed by atoms with E-state index in [-0.39, 0.29) is 11.7 Å². The van der Waals surface area contributed by atoms with Crippen LogP contribution in [-0.2, 0) is 21.3 Å². The van der Waals surface area contributed by atoms with Crippen molar-refractivity contribution in [1.29, 1.82) is 0 Å². The van der Waals surface area contributed by atoms with Crippen molar-refractivity contribution in [3.05, 3.63) is 59.7 Å². The molecular formula is C21H27N3O4S. The highest BCUT2D eigenvalue weighted by Gasteiger charge is 2.13. The zero-order chi connectivity index (χ0) is 20.7. The van der Waals surface area contributed by atoms with Crippen LogP contribution in [0.5, 0.6) is 0 Å². The Morgan fingerprint density at radius 1 is 1.07 bits per heavy atom. The Morgan fingerprint density at radius 3 is 2.45 bits per heavy atom. The van der Waals surface area contributed by atoms with Crippen molar-refractivity contribution in [1.82, 2.24) is 4.90 Å². The minimum Gasteiger partial charge on any atom is -0.379 e. The first-order valence-corrected chi connectivity index (χ1v) is 11.4. The Hall–Kier alpha value is -2.42. The molecule has 3 rings (SSSR count). The Labute approximate surface area is 172 Å². The molecule has 1 aliphatic rings. The summed E-state index contributed by atoms with van der Waals surface area (Å²) in [6, 6.07) is 14.2. The lowest BCUT2D eigenvalue weighted by atomic mass is 10.1. The number of nitrogens with one attached hydrogen (secondary N) is 2. The molecule has 2 aromatic rings. The molecule has 2 N–H and O–H groups in total. The molecule has 0 radical (unpaired) electrons. The van der Waals surface area contributed by atoms with Crippen LogP contribution in [0.15, 0.2) is 48.5 Å². The number of carbonyl (C=O) groups is 1. The summed E-state index contributed by atoms with van der Waals surface area (Å²) in [5.41, 5.74) is 2.75. The van der Waals surface area contributed by atoms with Crippen molar-refractivity contribution in [2.75, 3.05) is 42.1 Å². The number of rotatable bonds is 8.